The van der Waals surface area contributed by atoms with Crippen LogP contribution in [0.3, 0.4) is 0 Å². The lowest BCUT2D eigenvalue weighted by atomic mass is 9.95. The molecule has 1 unspecified atom stereocenters. The Balaban J connectivity index is 1.80. The number of aliphatic hydroxyl groups is 1. The van der Waals surface area contributed by atoms with Gasteiger partial charge in [0.05, 0.1) is 18.2 Å². The Kier molecular flexibility index (Phi) is 5.53. The molecule has 1 aromatic carbocycles. The van der Waals surface area contributed by atoms with Gasteiger partial charge < -0.3 is 14.3 Å². The van der Waals surface area contributed by atoms with Crippen LogP contribution < -0.4 is 9.64 Å². The summed E-state index contributed by atoms with van der Waals surface area (Å²) in [5.41, 5.74) is 0.509. The van der Waals surface area contributed by atoms with E-state index in [1.165, 1.54) is 23.4 Å². The average molecular weight is 419 g/mol. The first kappa shape index (κ1) is 20.3. The lowest BCUT2D eigenvalue weighted by molar-refractivity contribution is -0.117. The summed E-state index contributed by atoms with van der Waals surface area (Å²) < 4.78 is 11.1. The van der Waals surface area contributed by atoms with Crippen molar-refractivity contribution >= 4 is 17.6 Å². The minimum atomic E-state index is -0.923. The number of Topliss-reactive ketones (excluding diaryl/α,β-unsaturated/α-hetero) is 1. The minimum absolute atomic E-state index is 0.0376. The van der Waals surface area contributed by atoms with E-state index < -0.39 is 23.5 Å². The number of hydrogen-bond donors (Lipinski definition) is 1. The third-order valence-corrected chi connectivity index (χ3v) is 4.85. The number of benzene rings is 1. The fourth-order valence-corrected chi connectivity index (χ4v) is 3.43. The Labute approximate surface area is 178 Å². The topological polar surface area (TPSA) is 106 Å². The van der Waals surface area contributed by atoms with Crippen LogP contribution >= 0.6 is 0 Å². The second-order valence-corrected chi connectivity index (χ2v) is 7.05. The fourth-order valence-electron chi connectivity index (χ4n) is 3.43. The van der Waals surface area contributed by atoms with E-state index in [1.54, 1.807) is 43.3 Å². The predicted octanol–water partition coefficient (Wildman–Crippen LogP) is 3.95. The molecule has 0 bridgehead atoms. The molecule has 1 atom stereocenters. The molecule has 158 valence electrons. The van der Waals surface area contributed by atoms with Gasteiger partial charge in [-0.25, -0.2) is 9.97 Å². The highest BCUT2D eigenvalue weighted by atomic mass is 16.5. The first-order valence-electron chi connectivity index (χ1n) is 9.89. The van der Waals surface area contributed by atoms with E-state index in [0.717, 1.165) is 6.42 Å². The molecular weight excluding hydrogens is 398 g/mol. The second-order valence-electron chi connectivity index (χ2n) is 7.05. The number of aliphatic hydroxyl groups excluding tert-OH is 1. The Morgan fingerprint density at radius 1 is 1.16 bits per heavy atom. The normalized spacial score (nSPS) is 16.1. The van der Waals surface area contributed by atoms with Gasteiger partial charge in [0.25, 0.3) is 5.91 Å². The second kappa shape index (κ2) is 8.43. The van der Waals surface area contributed by atoms with E-state index in [1.807, 2.05) is 6.92 Å². The number of furan rings is 1. The van der Waals surface area contributed by atoms with Gasteiger partial charge in [0.15, 0.2) is 11.5 Å². The third kappa shape index (κ3) is 3.79. The molecule has 0 aliphatic carbocycles. The summed E-state index contributed by atoms with van der Waals surface area (Å²) in [6, 6.07) is 10.9. The molecule has 1 aliphatic heterocycles. The van der Waals surface area contributed by atoms with Crippen LogP contribution in [-0.2, 0) is 4.79 Å². The first-order valence-corrected chi connectivity index (χ1v) is 9.89. The van der Waals surface area contributed by atoms with Gasteiger partial charge in [-0.3, -0.25) is 14.5 Å². The van der Waals surface area contributed by atoms with E-state index in [4.69, 9.17) is 9.15 Å². The van der Waals surface area contributed by atoms with E-state index >= 15 is 0 Å². The smallest absolute Gasteiger partial charge is 0.296 e. The molecule has 3 aromatic rings. The molecule has 0 saturated heterocycles. The highest BCUT2D eigenvalue weighted by molar-refractivity contribution is 6.19. The van der Waals surface area contributed by atoms with Gasteiger partial charge in [0.2, 0.25) is 11.7 Å². The number of aryl methyl sites for hydroxylation is 1. The molecule has 4 rings (SSSR count). The number of amides is 1. The van der Waals surface area contributed by atoms with Crippen molar-refractivity contribution in [2.75, 3.05) is 11.5 Å². The van der Waals surface area contributed by atoms with Crippen LogP contribution in [0.25, 0.3) is 0 Å². The molecule has 8 heteroatoms. The van der Waals surface area contributed by atoms with E-state index in [9.17, 15) is 14.7 Å². The summed E-state index contributed by atoms with van der Waals surface area (Å²) in [4.78, 5) is 35.7. The molecule has 0 saturated carbocycles. The number of carbonyl (C=O) groups excluding carboxylic acids is 2. The van der Waals surface area contributed by atoms with Crippen LogP contribution in [0.5, 0.6) is 5.75 Å². The molecule has 1 amide bonds. The number of nitrogens with zero attached hydrogens (tertiary/aromatic N) is 3. The number of aromatic nitrogens is 2. The number of ketones is 1. The maximum Gasteiger partial charge on any atom is 0.296 e. The van der Waals surface area contributed by atoms with Gasteiger partial charge >= 0.3 is 0 Å². The summed E-state index contributed by atoms with van der Waals surface area (Å²) in [5, 5.41) is 10.7. The Morgan fingerprint density at radius 2 is 1.87 bits per heavy atom. The van der Waals surface area contributed by atoms with Crippen molar-refractivity contribution in [3.63, 3.8) is 0 Å². The zero-order valence-corrected chi connectivity index (χ0v) is 17.1. The maximum absolute atomic E-state index is 13.2. The lowest BCUT2D eigenvalue weighted by Crippen LogP contribution is -2.32. The zero-order valence-electron chi connectivity index (χ0n) is 17.1. The zero-order chi connectivity index (χ0) is 22.0. The molecule has 0 radical (unpaired) electrons. The van der Waals surface area contributed by atoms with Crippen LogP contribution in [0.1, 0.15) is 41.3 Å². The Morgan fingerprint density at radius 3 is 2.48 bits per heavy atom. The van der Waals surface area contributed by atoms with Gasteiger partial charge in [-0.2, -0.15) is 0 Å². The molecule has 0 fully saturated rings. The first-order chi connectivity index (χ1) is 15.0. The molecule has 3 heterocycles. The van der Waals surface area contributed by atoms with Crippen LogP contribution in [-0.4, -0.2) is 33.4 Å². The highest BCUT2D eigenvalue weighted by Crippen LogP contribution is 2.41. The molecule has 1 N–H and O–H groups in total. The largest absolute Gasteiger partial charge is 0.503 e. The number of hydrogen-bond acceptors (Lipinski definition) is 7. The molecule has 31 heavy (non-hydrogen) atoms. The number of anilines is 1. The van der Waals surface area contributed by atoms with Gasteiger partial charge in [0.1, 0.15) is 11.5 Å². The standard InChI is InChI=1S/C23H21N3O5/c1-3-13-30-16-8-6-15(7-9-16)19-18(20(27)17-10-5-14(2)31-17)21(28)22(29)26(19)23-24-11-4-12-25-23/h4-12,19,28H,3,13H2,1-2H3. The molecular formula is C23H21N3O5. The van der Waals surface area contributed by atoms with E-state index in [0.29, 0.717) is 23.7 Å². The van der Waals surface area contributed by atoms with Crippen molar-refractivity contribution < 1.29 is 23.8 Å². The van der Waals surface area contributed by atoms with Crippen LogP contribution in [0.15, 0.2) is 70.6 Å². The van der Waals surface area contributed by atoms with Crippen LogP contribution in [0.4, 0.5) is 5.95 Å². The fraction of sp³-hybridized carbons (Fsp3) is 0.217. The lowest BCUT2D eigenvalue weighted by Gasteiger charge is -2.24. The summed E-state index contributed by atoms with van der Waals surface area (Å²) in [6.45, 7) is 4.30. The number of ether oxygens (including phenoxy) is 1. The van der Waals surface area contributed by atoms with E-state index in [-0.39, 0.29) is 17.3 Å². The third-order valence-electron chi connectivity index (χ3n) is 4.85. The van der Waals surface area contributed by atoms with Crippen molar-refractivity contribution in [3.05, 3.63) is 83.3 Å². The summed E-state index contributed by atoms with van der Waals surface area (Å²) in [6.07, 6.45) is 3.85. The Hall–Kier alpha value is -3.94. The molecule has 2 aromatic heterocycles. The maximum atomic E-state index is 13.2. The predicted molar refractivity (Wildman–Crippen MR) is 112 cm³/mol. The van der Waals surface area contributed by atoms with Crippen molar-refractivity contribution in [1.29, 1.82) is 0 Å². The van der Waals surface area contributed by atoms with Crippen LogP contribution in [0, 0.1) is 6.92 Å². The van der Waals surface area contributed by atoms with Crippen molar-refractivity contribution in [1.82, 2.24) is 9.97 Å². The van der Waals surface area contributed by atoms with Gasteiger partial charge in [-0.15, -0.1) is 0 Å². The van der Waals surface area contributed by atoms with Crippen molar-refractivity contribution in [2.45, 2.75) is 26.3 Å². The summed E-state index contributed by atoms with van der Waals surface area (Å²) in [5.74, 6) is -0.653. The summed E-state index contributed by atoms with van der Waals surface area (Å²) in [7, 11) is 0. The van der Waals surface area contributed by atoms with Crippen molar-refractivity contribution in [3.8, 4) is 5.75 Å². The number of carbonyl (C=O) groups is 2. The summed E-state index contributed by atoms with van der Waals surface area (Å²) >= 11 is 0. The molecule has 0 spiro atoms. The number of rotatable bonds is 7. The van der Waals surface area contributed by atoms with Gasteiger partial charge in [-0.1, -0.05) is 19.1 Å². The highest BCUT2D eigenvalue weighted by Gasteiger charge is 2.46. The molecule has 8 nitrogen and oxygen atoms in total. The van der Waals surface area contributed by atoms with Crippen molar-refractivity contribution in [2.24, 2.45) is 0 Å². The quantitative estimate of drug-likeness (QED) is 0.578. The Bertz CT molecular complexity index is 1140. The minimum Gasteiger partial charge on any atom is -0.503 e. The van der Waals surface area contributed by atoms with Crippen LogP contribution in [0.2, 0.25) is 0 Å². The monoisotopic (exact) mass is 419 g/mol. The van der Waals surface area contributed by atoms with Gasteiger partial charge in [-0.05, 0) is 49.2 Å². The van der Waals surface area contributed by atoms with Gasteiger partial charge in [0, 0.05) is 12.4 Å². The molecule has 1 aliphatic rings. The van der Waals surface area contributed by atoms with E-state index in [2.05, 4.69) is 9.97 Å². The SMILES string of the molecule is CCCOc1ccc(C2C(C(=O)c3ccc(C)o3)=C(O)C(=O)N2c2ncccn2)cc1. The average Bonchev–Trinajstić information content (AvgIpc) is 3.34.